The van der Waals surface area contributed by atoms with Gasteiger partial charge in [0.2, 0.25) is 0 Å². The Morgan fingerprint density at radius 2 is 1.54 bits per heavy atom. The molecule has 2 N–H and O–H groups in total. The van der Waals surface area contributed by atoms with E-state index in [1.165, 1.54) is 0 Å². The first-order chi connectivity index (χ1) is 5.45. The minimum Gasteiger partial charge on any atom is 1.00 e. The smallest absolute Gasteiger partial charge is 1.00 e. The molecule has 0 saturated heterocycles. The normalized spacial score (nSPS) is 21.7. The second kappa shape index (κ2) is 3.02. The van der Waals surface area contributed by atoms with Gasteiger partial charge >= 0.3 is 34.4 Å². The van der Waals surface area contributed by atoms with Gasteiger partial charge in [-0.1, -0.05) is 6.08 Å². The van der Waals surface area contributed by atoms with Crippen molar-refractivity contribution in [2.24, 2.45) is 0 Å². The number of rotatable bonds is 0. The molecule has 0 aromatic rings. The van der Waals surface area contributed by atoms with Crippen molar-refractivity contribution in [3.63, 3.8) is 0 Å². The first-order valence-corrected chi connectivity index (χ1v) is 5.13. The first kappa shape index (κ1) is 12.5. The molecule has 1 heterocycles. The molecule has 0 unspecified atom stereocenters. The molecule has 0 aliphatic carbocycles. The van der Waals surface area contributed by atoms with Crippen LogP contribution < -0.4 is 10.6 Å². The monoisotopic (exact) mass is 230 g/mol. The molecule has 13 heavy (non-hydrogen) atoms. The van der Waals surface area contributed by atoms with Crippen molar-refractivity contribution < 1.29 is 26.6 Å². The fourth-order valence-corrected chi connectivity index (χ4v) is 0.429. The molecule has 9 heteroatoms. The Kier molecular flexibility index (Phi) is 2.91. The van der Waals surface area contributed by atoms with Gasteiger partial charge < -0.3 is 5.32 Å². The average Bonchev–Trinajstić information content (AvgIpc) is 1.84. The van der Waals surface area contributed by atoms with Crippen LogP contribution in [0.3, 0.4) is 0 Å². The maximum atomic E-state index is 9.87. The molecular formula is C4H9F6N2P. The molecular weight excluding hydrogens is 221 g/mol. The minimum atomic E-state index is -10.7. The summed E-state index contributed by atoms with van der Waals surface area (Å²) in [6, 6.07) is 0. The zero-order valence-electron chi connectivity index (χ0n) is 7.28. The second-order valence-electron chi connectivity index (χ2n) is 2.20. The molecule has 1 aliphatic heterocycles. The van der Waals surface area contributed by atoms with E-state index in [0.717, 1.165) is 13.2 Å². The van der Waals surface area contributed by atoms with Crippen molar-refractivity contribution in [2.45, 2.75) is 0 Å². The third kappa shape index (κ3) is 34.3. The van der Waals surface area contributed by atoms with Crippen LogP contribution in [0, 0.1) is 0 Å². The molecule has 0 aromatic heterocycles. The molecule has 0 saturated carbocycles. The molecule has 0 atom stereocenters. The molecule has 0 fully saturated rings. The van der Waals surface area contributed by atoms with Crippen molar-refractivity contribution in [1.29, 1.82) is 0 Å². The van der Waals surface area contributed by atoms with E-state index >= 15 is 0 Å². The zero-order chi connectivity index (χ0) is 10.7. The molecule has 0 spiro atoms. The van der Waals surface area contributed by atoms with Crippen LogP contribution in [0.4, 0.5) is 25.2 Å². The Balaban J connectivity index is 0. The minimum absolute atomic E-state index is 0. The maximum Gasteiger partial charge on any atom is 1.00 e. The standard InChI is InChI=1S/C4H8N2.F6P/c1-2-5-4-6-3-1;1-7(2,3,4,5)6/h1-2,5-6H,3-4H2;/q;-1/p+1. The van der Waals surface area contributed by atoms with E-state index in [1.54, 1.807) is 0 Å². The summed E-state index contributed by atoms with van der Waals surface area (Å²) in [5.41, 5.74) is 0. The summed E-state index contributed by atoms with van der Waals surface area (Å²) in [4.78, 5) is 0. The maximum absolute atomic E-state index is 10.7. The number of hydrogen-bond donors (Lipinski definition) is 2. The fourth-order valence-electron chi connectivity index (χ4n) is 0.429. The van der Waals surface area contributed by atoms with Crippen LogP contribution in [0.1, 0.15) is 1.43 Å². The van der Waals surface area contributed by atoms with Crippen LogP contribution in [0.2, 0.25) is 0 Å². The zero-order valence-corrected chi connectivity index (χ0v) is 7.18. The third-order valence-corrected chi connectivity index (χ3v) is 0.725. The van der Waals surface area contributed by atoms with Gasteiger partial charge in [0, 0.05) is 6.54 Å². The van der Waals surface area contributed by atoms with E-state index in [0.29, 0.717) is 0 Å². The van der Waals surface area contributed by atoms with Crippen LogP contribution in [0.25, 0.3) is 0 Å². The van der Waals surface area contributed by atoms with E-state index in [-0.39, 0.29) is 1.43 Å². The average molecular weight is 230 g/mol. The van der Waals surface area contributed by atoms with Crippen LogP contribution >= 0.6 is 7.81 Å². The predicted molar refractivity (Wildman–Crippen MR) is 39.8 cm³/mol. The Morgan fingerprint density at radius 1 is 1.08 bits per heavy atom. The summed E-state index contributed by atoms with van der Waals surface area (Å²) in [6.07, 6.45) is 4.00. The summed E-state index contributed by atoms with van der Waals surface area (Å²) in [5, 5.41) is 6.08. The van der Waals surface area contributed by atoms with Crippen LogP contribution in [0.5, 0.6) is 0 Å². The van der Waals surface area contributed by atoms with Crippen molar-refractivity contribution in [3.05, 3.63) is 12.3 Å². The molecule has 2 nitrogen and oxygen atoms in total. The SMILES string of the molecule is C1=CNCNC1.F[P-](F)(F)(F)(F)F.[H+]. The van der Waals surface area contributed by atoms with E-state index < -0.39 is 7.81 Å². The van der Waals surface area contributed by atoms with Gasteiger partial charge in [0.05, 0.1) is 6.67 Å². The molecule has 1 rings (SSSR count). The molecule has 0 aromatic carbocycles. The Hall–Kier alpha value is -0.490. The molecule has 1 aliphatic rings. The van der Waals surface area contributed by atoms with Crippen molar-refractivity contribution in [3.8, 4) is 0 Å². The van der Waals surface area contributed by atoms with Crippen molar-refractivity contribution in [2.75, 3.05) is 13.2 Å². The van der Waals surface area contributed by atoms with Gasteiger partial charge in [-0.15, -0.1) is 0 Å². The van der Waals surface area contributed by atoms with E-state index in [2.05, 4.69) is 10.6 Å². The van der Waals surface area contributed by atoms with E-state index in [1.807, 2.05) is 12.3 Å². The molecule has 0 radical (unpaired) electrons. The summed E-state index contributed by atoms with van der Waals surface area (Å²) >= 11 is 0. The van der Waals surface area contributed by atoms with Gasteiger partial charge in [-0.2, -0.15) is 0 Å². The largest absolute Gasteiger partial charge is 1.00 e. The second-order valence-corrected chi connectivity index (χ2v) is 4.11. The topological polar surface area (TPSA) is 24.1 Å². The molecule has 0 amide bonds. The molecule has 0 bridgehead atoms. The van der Waals surface area contributed by atoms with Crippen molar-refractivity contribution >= 4 is 7.81 Å². The van der Waals surface area contributed by atoms with Crippen LogP contribution in [0.15, 0.2) is 12.3 Å². The number of nitrogens with one attached hydrogen (secondary N) is 2. The van der Waals surface area contributed by atoms with Gasteiger partial charge in [0.1, 0.15) is 0 Å². The van der Waals surface area contributed by atoms with Gasteiger partial charge in [-0.25, -0.2) is 0 Å². The summed E-state index contributed by atoms with van der Waals surface area (Å²) in [6.45, 7) is 1.92. The summed E-state index contributed by atoms with van der Waals surface area (Å²) in [7, 11) is -10.7. The van der Waals surface area contributed by atoms with Crippen LogP contribution in [-0.4, -0.2) is 13.2 Å². The van der Waals surface area contributed by atoms with E-state index in [9.17, 15) is 25.2 Å². The Morgan fingerprint density at radius 3 is 1.62 bits per heavy atom. The van der Waals surface area contributed by atoms with Gasteiger partial charge in [0.25, 0.3) is 0 Å². The third-order valence-electron chi connectivity index (χ3n) is 0.725. The number of halogens is 6. The fraction of sp³-hybridized carbons (Fsp3) is 0.500. The van der Waals surface area contributed by atoms with Gasteiger partial charge in [0.15, 0.2) is 0 Å². The number of hydrogen-bond acceptors (Lipinski definition) is 2. The quantitative estimate of drug-likeness (QED) is 0.493. The predicted octanol–water partition coefficient (Wildman–Crippen LogP) is 3.15. The van der Waals surface area contributed by atoms with Gasteiger partial charge in [-0.05, 0) is 6.20 Å². The Bertz CT molecular complexity index is 177. The van der Waals surface area contributed by atoms with E-state index in [4.69, 9.17) is 0 Å². The van der Waals surface area contributed by atoms with Crippen LogP contribution in [-0.2, 0) is 0 Å². The molecule has 82 valence electrons. The summed E-state index contributed by atoms with van der Waals surface area (Å²) in [5.74, 6) is 0. The van der Waals surface area contributed by atoms with Gasteiger partial charge in [-0.3, -0.25) is 5.32 Å². The summed E-state index contributed by atoms with van der Waals surface area (Å²) < 4.78 is 59.2. The first-order valence-electron chi connectivity index (χ1n) is 3.11. The van der Waals surface area contributed by atoms with Crippen molar-refractivity contribution in [1.82, 2.24) is 10.6 Å². The Labute approximate surface area is 71.7 Å².